The van der Waals surface area contributed by atoms with Crippen molar-refractivity contribution in [2.45, 2.75) is 31.6 Å². The van der Waals surface area contributed by atoms with Crippen LogP contribution in [0.1, 0.15) is 37.0 Å². The highest BCUT2D eigenvalue weighted by Crippen LogP contribution is 2.25. The summed E-state index contributed by atoms with van der Waals surface area (Å²) in [4.78, 5) is 11.5. The van der Waals surface area contributed by atoms with Crippen LogP contribution in [0.15, 0.2) is 21.5 Å². The molecule has 0 saturated carbocycles. The van der Waals surface area contributed by atoms with E-state index >= 15 is 0 Å². The standard InChI is InChI=1S/C13H17BrFNO4S/c1-3-4-8(2)7-20-13(17)9-5-12(21(16,18)19)10(14)6-11(9)15/h5-6,8H,3-4,7H2,1-2H3,(H2,16,18,19). The molecule has 1 unspecified atom stereocenters. The Morgan fingerprint density at radius 2 is 2.10 bits per heavy atom. The second-order valence-electron chi connectivity index (χ2n) is 4.80. The van der Waals surface area contributed by atoms with Crippen LogP contribution in [0.5, 0.6) is 0 Å². The first-order valence-electron chi connectivity index (χ1n) is 6.35. The predicted molar refractivity (Wildman–Crippen MR) is 79.8 cm³/mol. The van der Waals surface area contributed by atoms with Crippen LogP contribution in [-0.2, 0) is 14.8 Å². The van der Waals surface area contributed by atoms with Crippen molar-refractivity contribution in [1.29, 1.82) is 0 Å². The van der Waals surface area contributed by atoms with E-state index in [2.05, 4.69) is 15.9 Å². The summed E-state index contributed by atoms with van der Waals surface area (Å²) in [5.41, 5.74) is -0.453. The van der Waals surface area contributed by atoms with Gasteiger partial charge in [0.2, 0.25) is 10.0 Å². The van der Waals surface area contributed by atoms with Gasteiger partial charge in [-0.05, 0) is 40.4 Å². The van der Waals surface area contributed by atoms with Crippen molar-refractivity contribution in [3.63, 3.8) is 0 Å². The lowest BCUT2D eigenvalue weighted by molar-refractivity contribution is 0.0438. The Bertz CT molecular complexity index is 633. The normalized spacial score (nSPS) is 13.0. The minimum Gasteiger partial charge on any atom is -0.462 e. The van der Waals surface area contributed by atoms with Crippen LogP contribution in [0, 0.1) is 11.7 Å². The van der Waals surface area contributed by atoms with E-state index in [1.807, 2.05) is 13.8 Å². The van der Waals surface area contributed by atoms with Crippen LogP contribution in [0.2, 0.25) is 0 Å². The lowest BCUT2D eigenvalue weighted by atomic mass is 10.1. The third kappa shape index (κ3) is 5.05. The Kier molecular flexibility index (Phi) is 6.30. The van der Waals surface area contributed by atoms with Gasteiger partial charge >= 0.3 is 5.97 Å². The summed E-state index contributed by atoms with van der Waals surface area (Å²) in [6, 6.07) is 1.76. The number of primary sulfonamides is 1. The number of rotatable bonds is 6. The molecule has 1 aromatic carbocycles. The van der Waals surface area contributed by atoms with E-state index in [1.54, 1.807) is 0 Å². The average molecular weight is 382 g/mol. The molecule has 1 atom stereocenters. The Morgan fingerprint density at radius 1 is 1.48 bits per heavy atom. The highest BCUT2D eigenvalue weighted by Gasteiger charge is 2.21. The predicted octanol–water partition coefficient (Wildman–Crippen LogP) is 2.83. The minimum atomic E-state index is -4.07. The van der Waals surface area contributed by atoms with Gasteiger partial charge in [-0.15, -0.1) is 0 Å². The van der Waals surface area contributed by atoms with Crippen LogP contribution in [0.4, 0.5) is 4.39 Å². The van der Waals surface area contributed by atoms with E-state index in [0.717, 1.165) is 25.0 Å². The van der Waals surface area contributed by atoms with E-state index in [1.165, 1.54) is 0 Å². The topological polar surface area (TPSA) is 86.5 Å². The van der Waals surface area contributed by atoms with E-state index in [4.69, 9.17) is 9.88 Å². The summed E-state index contributed by atoms with van der Waals surface area (Å²) >= 11 is 2.90. The molecule has 0 spiro atoms. The summed E-state index contributed by atoms with van der Waals surface area (Å²) in [6.07, 6.45) is 1.82. The fourth-order valence-corrected chi connectivity index (χ4v) is 3.38. The average Bonchev–Trinajstić information content (AvgIpc) is 2.34. The molecule has 1 aromatic rings. The maximum absolute atomic E-state index is 13.8. The zero-order chi connectivity index (χ0) is 16.2. The first-order chi connectivity index (χ1) is 9.66. The van der Waals surface area contributed by atoms with Crippen molar-refractivity contribution in [2.24, 2.45) is 11.1 Å². The van der Waals surface area contributed by atoms with Gasteiger partial charge in [-0.3, -0.25) is 0 Å². The van der Waals surface area contributed by atoms with Crippen molar-refractivity contribution in [3.05, 3.63) is 28.0 Å². The first-order valence-corrected chi connectivity index (χ1v) is 8.69. The van der Waals surface area contributed by atoms with Gasteiger partial charge in [-0.1, -0.05) is 20.3 Å². The number of hydrogen-bond donors (Lipinski definition) is 1. The molecular weight excluding hydrogens is 365 g/mol. The summed E-state index contributed by atoms with van der Waals surface area (Å²) in [6.45, 7) is 4.06. The van der Waals surface area contributed by atoms with Crippen LogP contribution in [-0.4, -0.2) is 21.0 Å². The molecule has 0 fully saturated rings. The molecule has 21 heavy (non-hydrogen) atoms. The fraction of sp³-hybridized carbons (Fsp3) is 0.462. The Labute approximate surface area is 131 Å². The lowest BCUT2D eigenvalue weighted by Gasteiger charge is -2.12. The molecule has 0 bridgehead atoms. The number of sulfonamides is 1. The number of carbonyl (C=O) groups excluding carboxylic acids is 1. The lowest BCUT2D eigenvalue weighted by Crippen LogP contribution is -2.17. The monoisotopic (exact) mass is 381 g/mol. The number of ether oxygens (including phenoxy) is 1. The fourth-order valence-electron chi connectivity index (χ4n) is 1.78. The van der Waals surface area contributed by atoms with Crippen molar-refractivity contribution < 1.29 is 22.3 Å². The minimum absolute atomic E-state index is 0.0431. The SMILES string of the molecule is CCCC(C)COC(=O)c1cc(S(N)(=O)=O)c(Br)cc1F. The third-order valence-corrected chi connectivity index (χ3v) is 4.70. The maximum atomic E-state index is 13.8. The largest absolute Gasteiger partial charge is 0.462 e. The summed E-state index contributed by atoms with van der Waals surface area (Å²) in [7, 11) is -4.07. The smallest absolute Gasteiger partial charge is 0.341 e. The van der Waals surface area contributed by atoms with Crippen molar-refractivity contribution in [2.75, 3.05) is 6.61 Å². The molecule has 2 N–H and O–H groups in total. The molecule has 0 saturated heterocycles. The first kappa shape index (κ1) is 18.1. The number of benzene rings is 1. The van der Waals surface area contributed by atoms with Gasteiger partial charge in [0.05, 0.1) is 17.1 Å². The summed E-state index contributed by atoms with van der Waals surface area (Å²) < 4.78 is 41.5. The molecule has 0 aliphatic heterocycles. The van der Waals surface area contributed by atoms with Gasteiger partial charge in [-0.2, -0.15) is 0 Å². The van der Waals surface area contributed by atoms with Crippen molar-refractivity contribution in [1.82, 2.24) is 0 Å². The number of nitrogens with two attached hydrogens (primary N) is 1. The number of esters is 1. The van der Waals surface area contributed by atoms with Crippen LogP contribution >= 0.6 is 15.9 Å². The van der Waals surface area contributed by atoms with E-state index in [9.17, 15) is 17.6 Å². The Morgan fingerprint density at radius 3 is 2.62 bits per heavy atom. The molecule has 0 radical (unpaired) electrons. The highest BCUT2D eigenvalue weighted by atomic mass is 79.9. The van der Waals surface area contributed by atoms with Crippen molar-refractivity contribution in [3.8, 4) is 0 Å². The summed E-state index contributed by atoms with van der Waals surface area (Å²) in [5.74, 6) is -1.63. The zero-order valence-corrected chi connectivity index (χ0v) is 14.1. The van der Waals surface area contributed by atoms with Gasteiger partial charge in [0, 0.05) is 4.47 Å². The molecule has 0 heterocycles. The second kappa shape index (κ2) is 7.33. The van der Waals surface area contributed by atoms with Gasteiger partial charge in [0.25, 0.3) is 0 Å². The molecule has 0 aromatic heterocycles. The summed E-state index contributed by atoms with van der Waals surface area (Å²) in [5, 5.41) is 5.01. The number of carbonyl (C=O) groups is 1. The van der Waals surface area contributed by atoms with Gasteiger partial charge < -0.3 is 4.74 Å². The van der Waals surface area contributed by atoms with E-state index in [-0.39, 0.29) is 21.9 Å². The van der Waals surface area contributed by atoms with E-state index in [0.29, 0.717) is 0 Å². The highest BCUT2D eigenvalue weighted by molar-refractivity contribution is 9.10. The number of halogens is 2. The molecule has 0 amide bonds. The second-order valence-corrected chi connectivity index (χ2v) is 7.18. The third-order valence-electron chi connectivity index (χ3n) is 2.83. The van der Waals surface area contributed by atoms with Gasteiger partial charge in [-0.25, -0.2) is 22.7 Å². The molecule has 1 rings (SSSR count). The maximum Gasteiger partial charge on any atom is 0.341 e. The van der Waals surface area contributed by atoms with Gasteiger partial charge in [0.1, 0.15) is 5.82 Å². The zero-order valence-electron chi connectivity index (χ0n) is 11.7. The molecule has 0 aliphatic rings. The molecule has 5 nitrogen and oxygen atoms in total. The van der Waals surface area contributed by atoms with Crippen molar-refractivity contribution >= 4 is 31.9 Å². The molecule has 118 valence electrons. The number of hydrogen-bond acceptors (Lipinski definition) is 4. The van der Waals surface area contributed by atoms with Crippen LogP contribution < -0.4 is 5.14 Å². The molecular formula is C13H17BrFNO4S. The van der Waals surface area contributed by atoms with E-state index < -0.39 is 27.4 Å². The quantitative estimate of drug-likeness (QED) is 0.767. The van der Waals surface area contributed by atoms with Crippen LogP contribution in [0.25, 0.3) is 0 Å². The Hall–Kier alpha value is -0.990. The molecule has 0 aliphatic carbocycles. The van der Waals surface area contributed by atoms with Crippen LogP contribution in [0.3, 0.4) is 0 Å². The van der Waals surface area contributed by atoms with Gasteiger partial charge in [0.15, 0.2) is 0 Å². The Balaban J connectivity index is 3.00. The molecule has 8 heteroatoms.